The van der Waals surface area contributed by atoms with Gasteiger partial charge in [0.2, 0.25) is 5.91 Å². The molecule has 0 spiro atoms. The molecule has 0 aliphatic heterocycles. The van der Waals surface area contributed by atoms with Gasteiger partial charge in [-0.3, -0.25) is 4.79 Å². The van der Waals surface area contributed by atoms with Gasteiger partial charge in [-0.1, -0.05) is 0 Å². The Bertz CT molecular complexity index is 438. The van der Waals surface area contributed by atoms with E-state index in [0.717, 1.165) is 10.4 Å². The van der Waals surface area contributed by atoms with Crippen LogP contribution in [0.3, 0.4) is 0 Å². The highest BCUT2D eigenvalue weighted by molar-refractivity contribution is 7.11. The molecule has 17 heavy (non-hydrogen) atoms. The summed E-state index contributed by atoms with van der Waals surface area (Å²) in [4.78, 5) is 22.5. The summed E-state index contributed by atoms with van der Waals surface area (Å²) in [6, 6.07) is 1.94. The molecule has 6 heteroatoms. The van der Waals surface area contributed by atoms with Crippen molar-refractivity contribution in [2.75, 3.05) is 6.54 Å². The SMILES string of the molecule is Cc1ccsc1C=CC(=O)NCC(O)C(=O)O. The highest BCUT2D eigenvalue weighted by atomic mass is 32.1. The van der Waals surface area contributed by atoms with E-state index in [9.17, 15) is 9.59 Å². The minimum absolute atomic E-state index is 0.304. The largest absolute Gasteiger partial charge is 0.479 e. The maximum Gasteiger partial charge on any atom is 0.334 e. The van der Waals surface area contributed by atoms with Gasteiger partial charge in [0.1, 0.15) is 0 Å². The second kappa shape index (κ2) is 6.17. The summed E-state index contributed by atoms with van der Waals surface area (Å²) in [6.45, 7) is 1.63. The Hall–Kier alpha value is -1.66. The normalized spacial score (nSPS) is 12.6. The molecule has 0 aliphatic rings. The number of aliphatic hydroxyl groups excluding tert-OH is 1. The average molecular weight is 255 g/mol. The Morgan fingerprint density at radius 2 is 2.29 bits per heavy atom. The molecule has 0 saturated carbocycles. The highest BCUT2D eigenvalue weighted by Gasteiger charge is 2.12. The van der Waals surface area contributed by atoms with Gasteiger partial charge < -0.3 is 15.5 Å². The van der Waals surface area contributed by atoms with Gasteiger partial charge >= 0.3 is 5.97 Å². The smallest absolute Gasteiger partial charge is 0.334 e. The molecule has 0 aromatic carbocycles. The first kappa shape index (κ1) is 13.4. The van der Waals surface area contributed by atoms with Crippen molar-refractivity contribution in [1.82, 2.24) is 5.32 Å². The molecular weight excluding hydrogens is 242 g/mol. The zero-order chi connectivity index (χ0) is 12.8. The molecule has 1 rings (SSSR count). The Balaban J connectivity index is 2.43. The van der Waals surface area contributed by atoms with Gasteiger partial charge in [-0.15, -0.1) is 11.3 Å². The van der Waals surface area contributed by atoms with Gasteiger partial charge in [-0.05, 0) is 30.0 Å². The van der Waals surface area contributed by atoms with Crippen molar-refractivity contribution in [3.63, 3.8) is 0 Å². The second-order valence-corrected chi connectivity index (χ2v) is 4.35. The molecule has 1 amide bonds. The molecule has 5 nitrogen and oxygen atoms in total. The van der Waals surface area contributed by atoms with Crippen molar-refractivity contribution in [2.24, 2.45) is 0 Å². The summed E-state index contributed by atoms with van der Waals surface area (Å²) in [6.07, 6.45) is 1.39. The number of thiophene rings is 1. The molecule has 1 unspecified atom stereocenters. The number of amides is 1. The van der Waals surface area contributed by atoms with Crippen molar-refractivity contribution in [3.8, 4) is 0 Å². The van der Waals surface area contributed by atoms with E-state index in [1.807, 2.05) is 18.4 Å². The first-order valence-corrected chi connectivity index (χ1v) is 5.79. The van der Waals surface area contributed by atoms with Crippen LogP contribution in [0.1, 0.15) is 10.4 Å². The molecule has 92 valence electrons. The Labute approximate surface area is 102 Å². The third-order valence-corrected chi connectivity index (χ3v) is 3.03. The standard InChI is InChI=1S/C11H13NO4S/c1-7-4-5-17-9(7)2-3-10(14)12-6-8(13)11(15)16/h2-5,8,13H,6H2,1H3,(H,12,14)(H,15,16). The Morgan fingerprint density at radius 3 is 2.82 bits per heavy atom. The Kier molecular flexibility index (Phi) is 4.86. The number of rotatable bonds is 5. The van der Waals surface area contributed by atoms with Crippen molar-refractivity contribution in [3.05, 3.63) is 28.0 Å². The number of hydrogen-bond acceptors (Lipinski definition) is 4. The van der Waals surface area contributed by atoms with Gasteiger partial charge in [0.25, 0.3) is 0 Å². The maximum atomic E-state index is 11.3. The van der Waals surface area contributed by atoms with Crippen molar-refractivity contribution >= 4 is 29.3 Å². The maximum absolute atomic E-state index is 11.3. The van der Waals surface area contributed by atoms with Crippen LogP contribution in [-0.4, -0.2) is 34.7 Å². The average Bonchev–Trinajstić information content (AvgIpc) is 2.68. The summed E-state index contributed by atoms with van der Waals surface area (Å²) in [5, 5.41) is 21.5. The van der Waals surface area contributed by atoms with E-state index >= 15 is 0 Å². The summed E-state index contributed by atoms with van der Waals surface area (Å²) >= 11 is 1.51. The lowest BCUT2D eigenvalue weighted by Gasteiger charge is -2.04. The molecule has 1 aromatic rings. The zero-order valence-corrected chi connectivity index (χ0v) is 10.0. The van der Waals surface area contributed by atoms with Crippen molar-refractivity contribution < 1.29 is 19.8 Å². The quantitative estimate of drug-likeness (QED) is 0.674. The van der Waals surface area contributed by atoms with Crippen LogP contribution in [0.15, 0.2) is 17.5 Å². The first-order chi connectivity index (χ1) is 8.00. The molecule has 0 aliphatic carbocycles. The molecule has 0 saturated heterocycles. The topological polar surface area (TPSA) is 86.6 Å². The van der Waals surface area contributed by atoms with Gasteiger partial charge in [0, 0.05) is 11.0 Å². The third kappa shape index (κ3) is 4.38. The number of carboxylic acid groups (broad SMARTS) is 1. The molecule has 0 radical (unpaired) electrons. The molecule has 1 aromatic heterocycles. The van der Waals surface area contributed by atoms with E-state index in [1.54, 1.807) is 6.08 Å². The van der Waals surface area contributed by atoms with Crippen LogP contribution in [-0.2, 0) is 9.59 Å². The predicted molar refractivity (Wildman–Crippen MR) is 64.7 cm³/mol. The highest BCUT2D eigenvalue weighted by Crippen LogP contribution is 2.16. The lowest BCUT2D eigenvalue weighted by Crippen LogP contribution is -2.35. The summed E-state index contributed by atoms with van der Waals surface area (Å²) in [7, 11) is 0. The monoisotopic (exact) mass is 255 g/mol. The fraction of sp³-hybridized carbons (Fsp3) is 0.273. The molecule has 0 bridgehead atoms. The lowest BCUT2D eigenvalue weighted by atomic mass is 10.3. The fourth-order valence-corrected chi connectivity index (χ4v) is 1.87. The van der Waals surface area contributed by atoms with Crippen LogP contribution in [0.25, 0.3) is 6.08 Å². The van der Waals surface area contributed by atoms with Crippen LogP contribution in [0.4, 0.5) is 0 Å². The van der Waals surface area contributed by atoms with Gasteiger partial charge in [-0.25, -0.2) is 4.79 Å². The molecular formula is C11H13NO4S. The zero-order valence-electron chi connectivity index (χ0n) is 9.21. The van der Waals surface area contributed by atoms with Crippen LogP contribution in [0, 0.1) is 6.92 Å². The number of aliphatic hydroxyl groups is 1. The number of hydrogen-bond donors (Lipinski definition) is 3. The number of carboxylic acids is 1. The van der Waals surface area contributed by atoms with E-state index in [-0.39, 0.29) is 6.54 Å². The van der Waals surface area contributed by atoms with Gasteiger partial charge in [-0.2, -0.15) is 0 Å². The molecule has 1 heterocycles. The number of carbonyl (C=O) groups excluding carboxylic acids is 1. The number of aliphatic carboxylic acids is 1. The third-order valence-electron chi connectivity index (χ3n) is 2.04. The van der Waals surface area contributed by atoms with E-state index in [2.05, 4.69) is 5.32 Å². The van der Waals surface area contributed by atoms with Gasteiger partial charge in [0.15, 0.2) is 6.10 Å². The number of aryl methyl sites for hydroxylation is 1. The molecule has 1 atom stereocenters. The summed E-state index contributed by atoms with van der Waals surface area (Å²) in [5.41, 5.74) is 1.07. The van der Waals surface area contributed by atoms with E-state index < -0.39 is 18.0 Å². The second-order valence-electron chi connectivity index (χ2n) is 3.40. The number of nitrogens with one attached hydrogen (secondary N) is 1. The van der Waals surface area contributed by atoms with Crippen molar-refractivity contribution in [1.29, 1.82) is 0 Å². The van der Waals surface area contributed by atoms with Crippen LogP contribution < -0.4 is 5.32 Å². The van der Waals surface area contributed by atoms with Crippen LogP contribution in [0.2, 0.25) is 0 Å². The molecule has 3 N–H and O–H groups in total. The van der Waals surface area contributed by atoms with Crippen LogP contribution >= 0.6 is 11.3 Å². The summed E-state index contributed by atoms with van der Waals surface area (Å²) < 4.78 is 0. The minimum Gasteiger partial charge on any atom is -0.479 e. The van der Waals surface area contributed by atoms with Crippen molar-refractivity contribution in [2.45, 2.75) is 13.0 Å². The van der Waals surface area contributed by atoms with Gasteiger partial charge in [0.05, 0.1) is 6.54 Å². The first-order valence-electron chi connectivity index (χ1n) is 4.91. The lowest BCUT2D eigenvalue weighted by molar-refractivity contribution is -0.146. The van der Waals surface area contributed by atoms with E-state index in [0.29, 0.717) is 0 Å². The predicted octanol–water partition coefficient (Wildman–Crippen LogP) is 0.631. The minimum atomic E-state index is -1.57. The Morgan fingerprint density at radius 1 is 1.59 bits per heavy atom. The fourth-order valence-electron chi connectivity index (χ4n) is 1.05. The molecule has 0 fully saturated rings. The number of carbonyl (C=O) groups is 2. The van der Waals surface area contributed by atoms with Crippen LogP contribution in [0.5, 0.6) is 0 Å². The van der Waals surface area contributed by atoms with E-state index in [4.69, 9.17) is 10.2 Å². The summed E-state index contributed by atoms with van der Waals surface area (Å²) in [5.74, 6) is -1.79. The van der Waals surface area contributed by atoms with E-state index in [1.165, 1.54) is 17.4 Å².